The van der Waals surface area contributed by atoms with Gasteiger partial charge in [-0.1, -0.05) is 12.5 Å². The molecule has 98 valence electrons. The number of benzene rings is 1. The molecule has 18 heavy (non-hydrogen) atoms. The van der Waals surface area contributed by atoms with Gasteiger partial charge < -0.3 is 0 Å². The Morgan fingerprint density at radius 1 is 1.39 bits per heavy atom. The van der Waals surface area contributed by atoms with E-state index >= 15 is 0 Å². The Bertz CT molecular complexity index is 456. The number of rotatable bonds is 3. The van der Waals surface area contributed by atoms with Crippen LogP contribution in [0.2, 0.25) is 0 Å². The lowest BCUT2D eigenvalue weighted by Crippen LogP contribution is -2.32. The SMILES string of the molecule is Cc1cc(F)ccc1CC1(CCl)CC2CCC1C2. The normalized spacial score (nSPS) is 34.2. The molecular weight excluding hydrogens is 247 g/mol. The van der Waals surface area contributed by atoms with Crippen LogP contribution in [0.4, 0.5) is 4.39 Å². The van der Waals surface area contributed by atoms with Gasteiger partial charge in [-0.15, -0.1) is 11.6 Å². The quantitative estimate of drug-likeness (QED) is 0.695. The summed E-state index contributed by atoms with van der Waals surface area (Å²) in [6.07, 6.45) is 6.41. The van der Waals surface area contributed by atoms with Crippen LogP contribution >= 0.6 is 11.6 Å². The van der Waals surface area contributed by atoms with Crippen molar-refractivity contribution in [1.82, 2.24) is 0 Å². The monoisotopic (exact) mass is 266 g/mol. The van der Waals surface area contributed by atoms with Crippen LogP contribution in [0.3, 0.4) is 0 Å². The van der Waals surface area contributed by atoms with Crippen molar-refractivity contribution in [3.63, 3.8) is 0 Å². The summed E-state index contributed by atoms with van der Waals surface area (Å²) in [6, 6.07) is 5.17. The fourth-order valence-corrected chi connectivity index (χ4v) is 4.64. The molecular formula is C16H20ClF. The zero-order valence-electron chi connectivity index (χ0n) is 10.9. The number of hydrogen-bond acceptors (Lipinski definition) is 0. The van der Waals surface area contributed by atoms with E-state index in [-0.39, 0.29) is 11.2 Å². The molecule has 0 amide bonds. The molecule has 0 nitrogen and oxygen atoms in total. The van der Waals surface area contributed by atoms with Gasteiger partial charge in [0.05, 0.1) is 0 Å². The topological polar surface area (TPSA) is 0 Å². The van der Waals surface area contributed by atoms with Gasteiger partial charge in [0.2, 0.25) is 0 Å². The van der Waals surface area contributed by atoms with Gasteiger partial charge in [-0.25, -0.2) is 4.39 Å². The number of alkyl halides is 1. The molecule has 0 spiro atoms. The minimum absolute atomic E-state index is 0.135. The molecule has 2 fully saturated rings. The molecule has 0 aromatic heterocycles. The highest BCUT2D eigenvalue weighted by Gasteiger charge is 2.50. The van der Waals surface area contributed by atoms with E-state index < -0.39 is 0 Å². The first-order valence-electron chi connectivity index (χ1n) is 6.94. The van der Waals surface area contributed by atoms with Crippen molar-refractivity contribution in [1.29, 1.82) is 0 Å². The van der Waals surface area contributed by atoms with E-state index in [0.717, 1.165) is 29.7 Å². The van der Waals surface area contributed by atoms with E-state index in [1.165, 1.54) is 31.2 Å². The number of aryl methyl sites for hydroxylation is 1. The molecule has 2 aliphatic rings. The molecule has 0 heterocycles. The van der Waals surface area contributed by atoms with Crippen LogP contribution < -0.4 is 0 Å². The first-order valence-corrected chi connectivity index (χ1v) is 7.47. The maximum atomic E-state index is 13.2. The van der Waals surface area contributed by atoms with Crippen molar-refractivity contribution in [2.75, 3.05) is 5.88 Å². The van der Waals surface area contributed by atoms with Gasteiger partial charge in [0, 0.05) is 5.88 Å². The van der Waals surface area contributed by atoms with E-state index in [0.29, 0.717) is 0 Å². The molecule has 2 aliphatic carbocycles. The second kappa shape index (κ2) is 4.52. The molecule has 2 saturated carbocycles. The molecule has 3 rings (SSSR count). The van der Waals surface area contributed by atoms with Crippen LogP contribution in [0.25, 0.3) is 0 Å². The zero-order valence-corrected chi connectivity index (χ0v) is 11.6. The molecule has 3 unspecified atom stereocenters. The van der Waals surface area contributed by atoms with Crippen molar-refractivity contribution in [2.24, 2.45) is 17.3 Å². The Kier molecular flexibility index (Phi) is 3.13. The summed E-state index contributed by atoms with van der Waals surface area (Å²) in [7, 11) is 0. The highest BCUT2D eigenvalue weighted by atomic mass is 35.5. The molecule has 0 aliphatic heterocycles. The van der Waals surface area contributed by atoms with Gasteiger partial charge in [-0.05, 0) is 73.1 Å². The van der Waals surface area contributed by atoms with Crippen LogP contribution in [0, 0.1) is 30.0 Å². The number of fused-ring (bicyclic) bond motifs is 2. The number of halogens is 2. The predicted octanol–water partition coefficient (Wildman–Crippen LogP) is 4.72. The highest BCUT2D eigenvalue weighted by Crippen LogP contribution is 2.57. The molecule has 2 heteroatoms. The smallest absolute Gasteiger partial charge is 0.123 e. The van der Waals surface area contributed by atoms with Gasteiger partial charge in [0.25, 0.3) is 0 Å². The van der Waals surface area contributed by atoms with Crippen LogP contribution in [0.5, 0.6) is 0 Å². The van der Waals surface area contributed by atoms with Crippen molar-refractivity contribution < 1.29 is 4.39 Å². The molecule has 0 radical (unpaired) electrons. The molecule has 3 atom stereocenters. The zero-order chi connectivity index (χ0) is 12.8. The van der Waals surface area contributed by atoms with Gasteiger partial charge in [-0.2, -0.15) is 0 Å². The van der Waals surface area contributed by atoms with Crippen LogP contribution in [0.1, 0.15) is 36.8 Å². The standard InChI is InChI=1S/C16H20ClF/c1-11-6-15(18)5-3-13(11)9-16(10-17)8-12-2-4-14(16)7-12/h3,5-6,12,14H,2,4,7-10H2,1H3. The van der Waals surface area contributed by atoms with Crippen LogP contribution in [-0.2, 0) is 6.42 Å². The summed E-state index contributed by atoms with van der Waals surface area (Å²) in [6.45, 7) is 2.01. The van der Waals surface area contributed by atoms with Gasteiger partial charge in [0.1, 0.15) is 5.82 Å². The highest BCUT2D eigenvalue weighted by molar-refractivity contribution is 6.18. The van der Waals surface area contributed by atoms with Crippen molar-refractivity contribution in [2.45, 2.75) is 39.0 Å². The Labute approximate surface area is 114 Å². The lowest BCUT2D eigenvalue weighted by molar-refractivity contribution is 0.193. The van der Waals surface area contributed by atoms with E-state index in [2.05, 4.69) is 0 Å². The summed E-state index contributed by atoms with van der Waals surface area (Å²) < 4.78 is 13.2. The molecule has 0 N–H and O–H groups in total. The Morgan fingerprint density at radius 2 is 2.22 bits per heavy atom. The van der Waals surface area contributed by atoms with Crippen molar-refractivity contribution in [3.05, 3.63) is 35.1 Å². The summed E-state index contributed by atoms with van der Waals surface area (Å²) in [4.78, 5) is 0. The van der Waals surface area contributed by atoms with E-state index in [1.807, 2.05) is 13.0 Å². The molecule has 0 saturated heterocycles. The molecule has 1 aromatic carbocycles. The second-order valence-electron chi connectivity index (χ2n) is 6.32. The third-order valence-electron chi connectivity index (χ3n) is 5.22. The fraction of sp³-hybridized carbons (Fsp3) is 0.625. The summed E-state index contributed by atoms with van der Waals surface area (Å²) in [5, 5.41) is 0. The minimum Gasteiger partial charge on any atom is -0.207 e. The maximum Gasteiger partial charge on any atom is 0.123 e. The van der Waals surface area contributed by atoms with Crippen molar-refractivity contribution in [3.8, 4) is 0 Å². The van der Waals surface area contributed by atoms with E-state index in [1.54, 1.807) is 12.1 Å². The minimum atomic E-state index is -0.135. The summed E-state index contributed by atoms with van der Waals surface area (Å²) in [5.74, 6) is 2.31. The average molecular weight is 267 g/mol. The summed E-state index contributed by atoms with van der Waals surface area (Å²) >= 11 is 6.32. The lowest BCUT2D eigenvalue weighted by atomic mass is 9.70. The van der Waals surface area contributed by atoms with E-state index in [9.17, 15) is 4.39 Å². The lowest BCUT2D eigenvalue weighted by Gasteiger charge is -2.36. The van der Waals surface area contributed by atoms with E-state index in [4.69, 9.17) is 11.6 Å². The largest absolute Gasteiger partial charge is 0.207 e. The predicted molar refractivity (Wildman–Crippen MR) is 73.4 cm³/mol. The Balaban J connectivity index is 1.86. The fourth-order valence-electron chi connectivity index (χ4n) is 4.22. The average Bonchev–Trinajstić information content (AvgIpc) is 2.93. The maximum absolute atomic E-state index is 13.2. The van der Waals surface area contributed by atoms with Gasteiger partial charge >= 0.3 is 0 Å². The van der Waals surface area contributed by atoms with Crippen LogP contribution in [0.15, 0.2) is 18.2 Å². The first-order chi connectivity index (χ1) is 8.63. The third-order valence-corrected chi connectivity index (χ3v) is 5.75. The molecule has 2 bridgehead atoms. The van der Waals surface area contributed by atoms with Gasteiger partial charge in [-0.3, -0.25) is 0 Å². The van der Waals surface area contributed by atoms with Crippen molar-refractivity contribution >= 4 is 11.6 Å². The Morgan fingerprint density at radius 3 is 2.78 bits per heavy atom. The second-order valence-corrected chi connectivity index (χ2v) is 6.59. The number of hydrogen-bond donors (Lipinski definition) is 0. The summed E-state index contributed by atoms with van der Waals surface area (Å²) in [5.41, 5.74) is 2.64. The van der Waals surface area contributed by atoms with Crippen LogP contribution in [-0.4, -0.2) is 5.88 Å². The third kappa shape index (κ3) is 1.97. The Hall–Kier alpha value is -0.560. The first kappa shape index (κ1) is 12.5. The van der Waals surface area contributed by atoms with Gasteiger partial charge in [0.15, 0.2) is 0 Å². The molecule has 1 aromatic rings.